The van der Waals surface area contributed by atoms with E-state index in [4.69, 9.17) is 9.47 Å². The molecule has 1 rings (SSSR count). The lowest BCUT2D eigenvalue weighted by molar-refractivity contribution is -0.0565. The van der Waals surface area contributed by atoms with Crippen LogP contribution in [0.5, 0.6) is 0 Å². The molecule has 14 heavy (non-hydrogen) atoms. The van der Waals surface area contributed by atoms with Crippen LogP contribution in [0.4, 0.5) is 0 Å². The monoisotopic (exact) mass is 194 g/mol. The zero-order chi connectivity index (χ0) is 10.6. The quantitative estimate of drug-likeness (QED) is 0.495. The highest BCUT2D eigenvalue weighted by atomic mass is 16.7. The third kappa shape index (κ3) is 2.34. The molecule has 0 amide bonds. The Hall–Kier alpha value is -0.860. The van der Waals surface area contributed by atoms with Gasteiger partial charge in [-0.15, -0.1) is 6.58 Å². The molecule has 0 radical (unpaired) electrons. The molecule has 1 unspecified atom stereocenters. The second kappa shape index (κ2) is 5.13. The van der Waals surface area contributed by atoms with Gasteiger partial charge in [0.2, 0.25) is 0 Å². The Labute approximate surface area is 85.9 Å². The maximum absolute atomic E-state index is 5.54. The fraction of sp³-hybridized carbons (Fsp3) is 0.500. The molecule has 1 aliphatic rings. The van der Waals surface area contributed by atoms with Crippen molar-refractivity contribution in [2.45, 2.75) is 25.9 Å². The number of rotatable bonds is 5. The zero-order valence-electron chi connectivity index (χ0n) is 9.01. The van der Waals surface area contributed by atoms with Gasteiger partial charge in [-0.1, -0.05) is 12.7 Å². The molecule has 0 saturated heterocycles. The molecular formula is C12H18O2. The highest BCUT2D eigenvalue weighted by Gasteiger charge is 2.24. The Morgan fingerprint density at radius 1 is 1.57 bits per heavy atom. The number of hydrogen-bond donors (Lipinski definition) is 0. The summed E-state index contributed by atoms with van der Waals surface area (Å²) in [5.74, 6) is 0. The molecule has 0 aliphatic heterocycles. The number of hydrogen-bond acceptors (Lipinski definition) is 2. The topological polar surface area (TPSA) is 18.5 Å². The SMILES string of the molecule is C=CCC1=C(C)C(OCOC)CC1=C. The van der Waals surface area contributed by atoms with Gasteiger partial charge in [-0.2, -0.15) is 0 Å². The molecule has 0 bridgehead atoms. The van der Waals surface area contributed by atoms with Crippen molar-refractivity contribution in [3.05, 3.63) is 36.0 Å². The van der Waals surface area contributed by atoms with Crippen LogP contribution in [0.25, 0.3) is 0 Å². The summed E-state index contributed by atoms with van der Waals surface area (Å²) < 4.78 is 10.4. The Balaban J connectivity index is 2.66. The lowest BCUT2D eigenvalue weighted by Crippen LogP contribution is -2.12. The Bertz CT molecular complexity index is 263. The summed E-state index contributed by atoms with van der Waals surface area (Å²) in [7, 11) is 1.63. The minimum atomic E-state index is 0.150. The average molecular weight is 194 g/mol. The van der Waals surface area contributed by atoms with Gasteiger partial charge in [0, 0.05) is 13.5 Å². The van der Waals surface area contributed by atoms with Crippen molar-refractivity contribution >= 4 is 0 Å². The van der Waals surface area contributed by atoms with Gasteiger partial charge >= 0.3 is 0 Å². The van der Waals surface area contributed by atoms with Crippen molar-refractivity contribution < 1.29 is 9.47 Å². The van der Waals surface area contributed by atoms with E-state index >= 15 is 0 Å². The predicted molar refractivity (Wildman–Crippen MR) is 58.0 cm³/mol. The first-order valence-electron chi connectivity index (χ1n) is 4.80. The van der Waals surface area contributed by atoms with Gasteiger partial charge in [0.05, 0.1) is 6.10 Å². The van der Waals surface area contributed by atoms with E-state index < -0.39 is 0 Å². The van der Waals surface area contributed by atoms with E-state index in [1.54, 1.807) is 7.11 Å². The molecule has 1 aliphatic carbocycles. The van der Waals surface area contributed by atoms with E-state index in [0.717, 1.165) is 12.8 Å². The maximum Gasteiger partial charge on any atom is 0.147 e. The third-order valence-electron chi connectivity index (χ3n) is 2.55. The standard InChI is InChI=1S/C12H18O2/c1-5-6-11-9(2)7-12(10(11)3)14-8-13-4/h5,12H,1-2,6-8H2,3-4H3. The Kier molecular flexibility index (Phi) is 4.11. The molecule has 0 aromatic carbocycles. The Morgan fingerprint density at radius 2 is 2.29 bits per heavy atom. The van der Waals surface area contributed by atoms with E-state index in [0.29, 0.717) is 6.79 Å². The summed E-state index contributed by atoms with van der Waals surface area (Å²) in [4.78, 5) is 0. The van der Waals surface area contributed by atoms with Crippen LogP contribution in [-0.4, -0.2) is 20.0 Å². The summed E-state index contributed by atoms with van der Waals surface area (Å²) in [5, 5.41) is 0. The van der Waals surface area contributed by atoms with E-state index in [2.05, 4.69) is 20.1 Å². The van der Waals surface area contributed by atoms with Crippen LogP contribution in [0.3, 0.4) is 0 Å². The molecule has 0 heterocycles. The molecule has 0 N–H and O–H groups in total. The van der Waals surface area contributed by atoms with Crippen molar-refractivity contribution in [2.24, 2.45) is 0 Å². The van der Waals surface area contributed by atoms with E-state index in [1.165, 1.54) is 16.7 Å². The normalized spacial score (nSPS) is 21.9. The summed E-state index contributed by atoms with van der Waals surface area (Å²) >= 11 is 0. The lowest BCUT2D eigenvalue weighted by Gasteiger charge is -2.11. The van der Waals surface area contributed by atoms with Crippen molar-refractivity contribution in [3.8, 4) is 0 Å². The number of allylic oxidation sites excluding steroid dienone is 2. The second-order valence-corrected chi connectivity index (χ2v) is 3.52. The fourth-order valence-corrected chi connectivity index (χ4v) is 1.76. The predicted octanol–water partition coefficient (Wildman–Crippen LogP) is 2.83. The average Bonchev–Trinajstić information content (AvgIpc) is 2.43. The molecular weight excluding hydrogens is 176 g/mol. The van der Waals surface area contributed by atoms with Crippen molar-refractivity contribution in [1.29, 1.82) is 0 Å². The van der Waals surface area contributed by atoms with Crippen LogP contribution >= 0.6 is 0 Å². The van der Waals surface area contributed by atoms with Gasteiger partial charge in [0.25, 0.3) is 0 Å². The largest absolute Gasteiger partial charge is 0.359 e. The lowest BCUT2D eigenvalue weighted by atomic mass is 10.1. The highest BCUT2D eigenvalue weighted by Crippen LogP contribution is 2.34. The molecule has 0 spiro atoms. The molecule has 78 valence electrons. The van der Waals surface area contributed by atoms with Gasteiger partial charge in [0.1, 0.15) is 6.79 Å². The molecule has 0 aromatic heterocycles. The number of ether oxygens (including phenoxy) is 2. The molecule has 0 aromatic rings. The minimum absolute atomic E-state index is 0.150. The zero-order valence-corrected chi connectivity index (χ0v) is 9.01. The fourth-order valence-electron chi connectivity index (χ4n) is 1.76. The maximum atomic E-state index is 5.54. The van der Waals surface area contributed by atoms with Crippen LogP contribution in [0.1, 0.15) is 19.8 Å². The van der Waals surface area contributed by atoms with Gasteiger partial charge in [-0.05, 0) is 30.1 Å². The van der Waals surface area contributed by atoms with Gasteiger partial charge in [-0.25, -0.2) is 0 Å². The summed E-state index contributed by atoms with van der Waals surface area (Å²) in [5.41, 5.74) is 3.73. The van der Waals surface area contributed by atoms with Crippen LogP contribution in [0.15, 0.2) is 36.0 Å². The van der Waals surface area contributed by atoms with Crippen molar-refractivity contribution in [3.63, 3.8) is 0 Å². The molecule has 0 fully saturated rings. The Morgan fingerprint density at radius 3 is 2.86 bits per heavy atom. The third-order valence-corrected chi connectivity index (χ3v) is 2.55. The smallest absolute Gasteiger partial charge is 0.147 e. The van der Waals surface area contributed by atoms with Crippen LogP contribution in [0, 0.1) is 0 Å². The van der Waals surface area contributed by atoms with Gasteiger partial charge in [-0.3, -0.25) is 0 Å². The number of methoxy groups -OCH3 is 1. The first-order chi connectivity index (χ1) is 6.70. The van der Waals surface area contributed by atoms with Crippen LogP contribution in [-0.2, 0) is 9.47 Å². The van der Waals surface area contributed by atoms with Gasteiger partial charge < -0.3 is 9.47 Å². The van der Waals surface area contributed by atoms with Crippen molar-refractivity contribution in [2.75, 3.05) is 13.9 Å². The molecule has 2 heteroatoms. The van der Waals surface area contributed by atoms with Crippen LogP contribution < -0.4 is 0 Å². The summed E-state index contributed by atoms with van der Waals surface area (Å²) in [6.07, 6.45) is 3.83. The van der Waals surface area contributed by atoms with E-state index in [9.17, 15) is 0 Å². The minimum Gasteiger partial charge on any atom is -0.359 e. The van der Waals surface area contributed by atoms with Gasteiger partial charge in [0.15, 0.2) is 0 Å². The van der Waals surface area contributed by atoms with Crippen LogP contribution in [0.2, 0.25) is 0 Å². The van der Waals surface area contributed by atoms with E-state index in [1.807, 2.05) is 6.08 Å². The highest BCUT2D eigenvalue weighted by molar-refractivity contribution is 5.42. The summed E-state index contributed by atoms with van der Waals surface area (Å²) in [6, 6.07) is 0. The second-order valence-electron chi connectivity index (χ2n) is 3.52. The molecule has 2 nitrogen and oxygen atoms in total. The molecule has 0 saturated carbocycles. The first kappa shape index (κ1) is 11.2. The van der Waals surface area contributed by atoms with E-state index in [-0.39, 0.29) is 6.10 Å². The van der Waals surface area contributed by atoms with Crippen molar-refractivity contribution in [1.82, 2.24) is 0 Å². The molecule has 1 atom stereocenters. The summed E-state index contributed by atoms with van der Waals surface area (Å²) in [6.45, 7) is 10.2. The first-order valence-corrected chi connectivity index (χ1v) is 4.80.